The van der Waals surface area contributed by atoms with Crippen molar-refractivity contribution in [2.75, 3.05) is 5.75 Å². The van der Waals surface area contributed by atoms with Crippen LogP contribution in [-0.4, -0.2) is 33.3 Å². The summed E-state index contributed by atoms with van der Waals surface area (Å²) in [6, 6.07) is 7.89. The number of Topliss-reactive ketones (excluding diaryl/α,β-unsaturated/α-hetero) is 1. The van der Waals surface area contributed by atoms with E-state index >= 15 is 0 Å². The molecule has 1 aromatic heterocycles. The van der Waals surface area contributed by atoms with Crippen molar-refractivity contribution in [2.24, 2.45) is 10.7 Å². The second-order valence-corrected chi connectivity index (χ2v) is 7.86. The topological polar surface area (TPSA) is 106 Å². The van der Waals surface area contributed by atoms with Crippen molar-refractivity contribution in [1.82, 2.24) is 4.98 Å². The highest BCUT2D eigenvalue weighted by Gasteiger charge is 2.35. The summed E-state index contributed by atoms with van der Waals surface area (Å²) in [6.45, 7) is 1.72. The second-order valence-electron chi connectivity index (χ2n) is 6.31. The van der Waals surface area contributed by atoms with Gasteiger partial charge in [-0.3, -0.25) is 19.6 Å². The quantitative estimate of drug-likeness (QED) is 0.539. The number of nitrogens with zero attached hydrogens (tertiary/aromatic N) is 2. The maximum atomic E-state index is 14.6. The first kappa shape index (κ1) is 22.8. The van der Waals surface area contributed by atoms with Crippen molar-refractivity contribution in [1.29, 1.82) is 0 Å². The van der Waals surface area contributed by atoms with E-state index in [1.165, 1.54) is 30.1 Å². The summed E-state index contributed by atoms with van der Waals surface area (Å²) >= 11 is 7.40. The van der Waals surface area contributed by atoms with Crippen LogP contribution in [0.5, 0.6) is 0 Å². The number of carbonyl (C=O) groups excluding carboxylic acids is 1. The third-order valence-electron chi connectivity index (χ3n) is 4.58. The van der Waals surface area contributed by atoms with Gasteiger partial charge in [0.05, 0.1) is 5.54 Å². The Morgan fingerprint density at radius 3 is 2.76 bits per heavy atom. The molecular weight excluding hydrogens is 417 g/mol. The van der Waals surface area contributed by atoms with Crippen molar-refractivity contribution in [3.05, 3.63) is 64.2 Å². The number of carboxylic acid groups (broad SMARTS) is 1. The number of benzene rings is 1. The number of carbonyl (C=O) groups is 2. The third-order valence-corrected chi connectivity index (χ3v) is 5.61. The monoisotopic (exact) mass is 437 g/mol. The normalized spacial score (nSPS) is 18.2. The minimum Gasteiger partial charge on any atom is -0.483 e. The SMILES string of the molecule is CC[C@@]1(c2cc(CC(=O)c3cc(Cl)ccn3)ccc2F)CCSC(N)=N1.O=CO. The zero-order chi connectivity index (χ0) is 21.4. The number of halogens is 2. The fourth-order valence-electron chi connectivity index (χ4n) is 3.14. The number of nitrogens with two attached hydrogens (primary N) is 1. The Labute approximate surface area is 177 Å². The van der Waals surface area contributed by atoms with Crippen LogP contribution in [0, 0.1) is 5.82 Å². The molecule has 6 nitrogen and oxygen atoms in total. The number of rotatable bonds is 5. The van der Waals surface area contributed by atoms with Crippen LogP contribution in [0.3, 0.4) is 0 Å². The molecule has 1 atom stereocenters. The molecule has 1 aromatic carbocycles. The van der Waals surface area contributed by atoms with E-state index in [-0.39, 0.29) is 24.5 Å². The summed E-state index contributed by atoms with van der Waals surface area (Å²) in [5.41, 5.74) is 6.73. The van der Waals surface area contributed by atoms with E-state index < -0.39 is 5.54 Å². The Kier molecular flexibility index (Phi) is 8.16. The van der Waals surface area contributed by atoms with Gasteiger partial charge in [0, 0.05) is 29.0 Å². The number of hydrogen-bond acceptors (Lipinski definition) is 6. The Morgan fingerprint density at radius 1 is 1.41 bits per heavy atom. The van der Waals surface area contributed by atoms with Crippen LogP contribution >= 0.6 is 23.4 Å². The molecule has 0 bridgehead atoms. The number of thioether (sulfide) groups is 1. The van der Waals surface area contributed by atoms with Crippen LogP contribution in [-0.2, 0) is 16.8 Å². The van der Waals surface area contributed by atoms with E-state index in [4.69, 9.17) is 27.2 Å². The van der Waals surface area contributed by atoms with Gasteiger partial charge >= 0.3 is 0 Å². The molecule has 0 amide bonds. The Bertz CT molecular complexity index is 926. The van der Waals surface area contributed by atoms with Gasteiger partial charge in [0.25, 0.3) is 6.47 Å². The molecule has 0 spiro atoms. The molecule has 0 aliphatic carbocycles. The van der Waals surface area contributed by atoms with Gasteiger partial charge in [0.15, 0.2) is 11.0 Å². The molecular formula is C20H21ClFN3O3S. The number of aliphatic imine (C=N–C) groups is 1. The summed E-state index contributed by atoms with van der Waals surface area (Å²) in [5.74, 6) is 0.295. The van der Waals surface area contributed by atoms with Crippen molar-refractivity contribution in [2.45, 2.75) is 31.7 Å². The zero-order valence-electron chi connectivity index (χ0n) is 15.8. The van der Waals surface area contributed by atoms with Gasteiger partial charge in [-0.25, -0.2) is 4.39 Å². The minimum absolute atomic E-state index is 0.119. The van der Waals surface area contributed by atoms with Crippen molar-refractivity contribution in [3.63, 3.8) is 0 Å². The molecule has 3 rings (SSSR count). The predicted octanol–water partition coefficient (Wildman–Crippen LogP) is 4.06. The number of aromatic nitrogens is 1. The Morgan fingerprint density at radius 2 is 2.14 bits per heavy atom. The van der Waals surface area contributed by atoms with E-state index in [0.29, 0.717) is 39.9 Å². The van der Waals surface area contributed by atoms with Gasteiger partial charge in [0.2, 0.25) is 0 Å². The first-order valence-electron chi connectivity index (χ1n) is 8.85. The van der Waals surface area contributed by atoms with Crippen molar-refractivity contribution in [3.8, 4) is 0 Å². The summed E-state index contributed by atoms with van der Waals surface area (Å²) in [6.07, 6.45) is 2.96. The van der Waals surface area contributed by atoms with Crippen LogP contribution in [0.15, 0.2) is 41.5 Å². The highest BCUT2D eigenvalue weighted by molar-refractivity contribution is 8.13. The largest absolute Gasteiger partial charge is 0.483 e. The van der Waals surface area contributed by atoms with E-state index in [9.17, 15) is 9.18 Å². The summed E-state index contributed by atoms with van der Waals surface area (Å²) < 4.78 is 14.6. The van der Waals surface area contributed by atoms with Crippen LogP contribution in [0.4, 0.5) is 4.39 Å². The molecule has 9 heteroatoms. The molecule has 2 aromatic rings. The maximum Gasteiger partial charge on any atom is 0.290 e. The Balaban J connectivity index is 0.000000941. The number of pyridine rings is 1. The number of amidine groups is 1. The third kappa shape index (κ3) is 5.77. The molecule has 3 N–H and O–H groups in total. The standard InChI is InChI=1S/C19H19ClFN3OS.CH2O2/c1-2-19(6-8-26-18(22)24-19)14-9-12(3-4-15(14)21)10-17(25)16-11-13(20)5-7-23-16;2-1-3/h3-5,7,9,11H,2,6,8,10H2,1H3,(H2,22,24);1H,(H,2,3)/t19-;/m0./s1. The highest BCUT2D eigenvalue weighted by Crippen LogP contribution is 2.40. The maximum absolute atomic E-state index is 14.6. The van der Waals surface area contributed by atoms with Crippen LogP contribution in [0.2, 0.25) is 5.02 Å². The molecule has 1 aliphatic heterocycles. The first-order valence-corrected chi connectivity index (χ1v) is 10.2. The van der Waals surface area contributed by atoms with E-state index in [1.54, 1.807) is 18.2 Å². The summed E-state index contributed by atoms with van der Waals surface area (Å²) in [4.78, 5) is 29.4. The fraction of sp³-hybridized carbons (Fsp3) is 0.300. The molecule has 2 heterocycles. The van der Waals surface area contributed by atoms with Gasteiger partial charge in [0.1, 0.15) is 11.5 Å². The fourth-order valence-corrected chi connectivity index (χ4v) is 4.18. The average molecular weight is 438 g/mol. The van der Waals surface area contributed by atoms with Gasteiger partial charge in [-0.1, -0.05) is 36.4 Å². The van der Waals surface area contributed by atoms with Crippen LogP contribution < -0.4 is 5.73 Å². The number of hydrogen-bond donors (Lipinski definition) is 2. The smallest absolute Gasteiger partial charge is 0.290 e. The predicted molar refractivity (Wildman–Crippen MR) is 113 cm³/mol. The summed E-state index contributed by atoms with van der Waals surface area (Å²) in [7, 11) is 0. The molecule has 0 fully saturated rings. The van der Waals surface area contributed by atoms with Crippen molar-refractivity contribution >= 4 is 40.8 Å². The lowest BCUT2D eigenvalue weighted by atomic mass is 9.83. The van der Waals surface area contributed by atoms with Crippen LogP contribution in [0.25, 0.3) is 0 Å². The zero-order valence-corrected chi connectivity index (χ0v) is 17.3. The molecule has 0 saturated carbocycles. The molecule has 0 radical (unpaired) electrons. The lowest BCUT2D eigenvalue weighted by Gasteiger charge is -2.33. The Hall–Kier alpha value is -2.45. The van der Waals surface area contributed by atoms with Crippen LogP contribution in [0.1, 0.15) is 41.4 Å². The molecule has 0 unspecified atom stereocenters. The first-order chi connectivity index (χ1) is 13.8. The molecule has 1 aliphatic rings. The van der Waals surface area contributed by atoms with Gasteiger partial charge in [-0.05, 0) is 42.7 Å². The second kappa shape index (κ2) is 10.4. The molecule has 0 saturated heterocycles. The van der Waals surface area contributed by atoms with Crippen molar-refractivity contribution < 1.29 is 19.1 Å². The van der Waals surface area contributed by atoms with Gasteiger partial charge < -0.3 is 10.8 Å². The number of ketones is 1. The molecule has 154 valence electrons. The lowest BCUT2D eigenvalue weighted by Crippen LogP contribution is -2.32. The minimum atomic E-state index is -0.674. The molecule has 29 heavy (non-hydrogen) atoms. The highest BCUT2D eigenvalue weighted by atomic mass is 35.5. The summed E-state index contributed by atoms with van der Waals surface area (Å²) in [5, 5.41) is 7.82. The van der Waals surface area contributed by atoms with E-state index in [2.05, 4.69) is 9.98 Å². The lowest BCUT2D eigenvalue weighted by molar-refractivity contribution is -0.122. The van der Waals surface area contributed by atoms with Gasteiger partial charge in [-0.15, -0.1) is 0 Å². The van der Waals surface area contributed by atoms with Gasteiger partial charge in [-0.2, -0.15) is 0 Å². The van der Waals surface area contributed by atoms with E-state index in [1.807, 2.05) is 6.92 Å². The average Bonchev–Trinajstić information content (AvgIpc) is 2.70. The van der Waals surface area contributed by atoms with E-state index in [0.717, 1.165) is 5.75 Å².